The first-order valence-corrected chi connectivity index (χ1v) is 28.4. The van der Waals surface area contributed by atoms with E-state index in [0.717, 1.165) is 64.2 Å². The summed E-state index contributed by atoms with van der Waals surface area (Å²) in [6.07, 6.45) is 56.2. The van der Waals surface area contributed by atoms with Crippen LogP contribution in [0, 0.1) is 0 Å². The molecule has 1 heterocycles. The number of amides is 1. The molecule has 1 amide bonds. The van der Waals surface area contributed by atoms with Crippen molar-refractivity contribution in [1.82, 2.24) is 5.32 Å². The molecule has 0 radical (unpaired) electrons. The Kier molecular flexibility index (Phi) is 45.1. The first kappa shape index (κ1) is 63.2. The van der Waals surface area contributed by atoms with Gasteiger partial charge in [-0.3, -0.25) is 4.79 Å². The van der Waals surface area contributed by atoms with E-state index in [2.05, 4.69) is 55.6 Å². The zero-order valence-electron chi connectivity index (χ0n) is 43.4. The number of carbonyl (C=O) groups excluding carboxylic acids is 1. The fraction of sp³-hybridized carbons (Fsp3) is 0.845. The molecule has 6 N–H and O–H groups in total. The number of hydrogen-bond acceptors (Lipinski definition) is 8. The van der Waals surface area contributed by atoms with E-state index >= 15 is 0 Å². The summed E-state index contributed by atoms with van der Waals surface area (Å²) < 4.78 is 11.2. The zero-order valence-corrected chi connectivity index (χ0v) is 43.4. The van der Waals surface area contributed by atoms with Crippen molar-refractivity contribution in [2.45, 2.75) is 301 Å². The van der Waals surface area contributed by atoms with Crippen LogP contribution in [0.5, 0.6) is 0 Å². The molecule has 9 heteroatoms. The largest absolute Gasteiger partial charge is 0.394 e. The second-order valence-corrected chi connectivity index (χ2v) is 19.7. The van der Waals surface area contributed by atoms with E-state index in [4.69, 9.17) is 9.47 Å². The number of unbranched alkanes of at least 4 members (excludes halogenated alkanes) is 32. The molecule has 67 heavy (non-hydrogen) atoms. The third-order valence-electron chi connectivity index (χ3n) is 13.4. The molecule has 1 aliphatic rings. The summed E-state index contributed by atoms with van der Waals surface area (Å²) in [5.41, 5.74) is 0. The van der Waals surface area contributed by atoms with Crippen molar-refractivity contribution in [3.8, 4) is 0 Å². The highest BCUT2D eigenvalue weighted by atomic mass is 16.7. The normalized spacial score (nSPS) is 20.0. The standard InChI is InChI=1S/C58H107NO8/c1-3-5-7-9-11-13-15-17-19-20-21-22-23-24-25-26-27-28-29-30-31-32-34-35-37-39-41-43-45-47-52(61)51(50-66-58-57(65)56(64)55(63)53(49-60)67-58)59-54(62)48-46-44-42-40-38-36-33-18-16-14-12-10-8-6-4-2/h18,31-33,37,39,45,47,51-53,55-58,60-61,63-65H,3-17,19-30,34-36,38,40-44,46,48-50H2,1-2H3,(H,59,62)/b32-31+,33-18-,39-37+,47-45+. The lowest BCUT2D eigenvalue weighted by atomic mass is 9.99. The highest BCUT2D eigenvalue weighted by Gasteiger charge is 2.44. The van der Waals surface area contributed by atoms with Crippen LogP contribution in [-0.2, 0) is 14.3 Å². The average molecular weight is 946 g/mol. The molecule has 392 valence electrons. The lowest BCUT2D eigenvalue weighted by molar-refractivity contribution is -0.302. The highest BCUT2D eigenvalue weighted by molar-refractivity contribution is 5.76. The van der Waals surface area contributed by atoms with Crippen LogP contribution in [0.3, 0.4) is 0 Å². The van der Waals surface area contributed by atoms with Crippen LogP contribution in [-0.4, -0.2) is 87.5 Å². The minimum Gasteiger partial charge on any atom is -0.394 e. The van der Waals surface area contributed by atoms with Crippen LogP contribution in [0.15, 0.2) is 48.6 Å². The predicted molar refractivity (Wildman–Crippen MR) is 281 cm³/mol. The van der Waals surface area contributed by atoms with E-state index in [1.807, 2.05) is 6.08 Å². The molecule has 7 atom stereocenters. The Hall–Kier alpha value is -1.85. The number of nitrogens with one attached hydrogen (secondary N) is 1. The fourth-order valence-electron chi connectivity index (χ4n) is 8.83. The van der Waals surface area contributed by atoms with Gasteiger partial charge in [0.25, 0.3) is 0 Å². The molecule has 9 nitrogen and oxygen atoms in total. The van der Waals surface area contributed by atoms with E-state index in [9.17, 15) is 30.3 Å². The molecular weight excluding hydrogens is 839 g/mol. The Balaban J connectivity index is 2.25. The third kappa shape index (κ3) is 37.6. The van der Waals surface area contributed by atoms with Gasteiger partial charge in [0, 0.05) is 6.42 Å². The average Bonchev–Trinajstić information content (AvgIpc) is 3.33. The Morgan fingerprint density at radius 3 is 1.25 bits per heavy atom. The Morgan fingerprint density at radius 2 is 0.851 bits per heavy atom. The van der Waals surface area contributed by atoms with Crippen molar-refractivity contribution in [2.75, 3.05) is 13.2 Å². The summed E-state index contributed by atoms with van der Waals surface area (Å²) in [6, 6.07) is -0.833. The molecule has 0 spiro atoms. The SMILES string of the molecule is CCCCCCCC/C=C\CCCCCCCC(=O)NC(COC1OC(CO)C(O)C(O)C1O)C(O)/C=C/CC/C=C/CC/C=C/CCCCCCCCCCCCCCCCCCCCC. The van der Waals surface area contributed by atoms with E-state index in [-0.39, 0.29) is 12.5 Å². The maximum atomic E-state index is 13.0. The maximum Gasteiger partial charge on any atom is 0.220 e. The quantitative estimate of drug-likeness (QED) is 0.0261. The van der Waals surface area contributed by atoms with Crippen LogP contribution in [0.1, 0.15) is 258 Å². The van der Waals surface area contributed by atoms with Gasteiger partial charge >= 0.3 is 0 Å². The van der Waals surface area contributed by atoms with Gasteiger partial charge in [0.05, 0.1) is 25.4 Å². The van der Waals surface area contributed by atoms with Gasteiger partial charge in [0.15, 0.2) is 6.29 Å². The number of ether oxygens (including phenoxy) is 2. The van der Waals surface area contributed by atoms with Crippen molar-refractivity contribution >= 4 is 5.91 Å². The number of allylic oxidation sites excluding steroid dienone is 7. The fourth-order valence-corrected chi connectivity index (χ4v) is 8.83. The zero-order chi connectivity index (χ0) is 48.7. The Morgan fingerprint density at radius 1 is 0.493 bits per heavy atom. The Labute approximate surface area is 412 Å². The first-order chi connectivity index (χ1) is 32.8. The van der Waals surface area contributed by atoms with Crippen LogP contribution in [0.4, 0.5) is 0 Å². The summed E-state index contributed by atoms with van der Waals surface area (Å²) in [7, 11) is 0. The van der Waals surface area contributed by atoms with E-state index in [1.165, 1.54) is 173 Å². The molecular formula is C58H107NO8. The van der Waals surface area contributed by atoms with Crippen molar-refractivity contribution in [3.05, 3.63) is 48.6 Å². The summed E-state index contributed by atoms with van der Waals surface area (Å²) in [6.45, 7) is 3.76. The van der Waals surface area contributed by atoms with E-state index in [1.54, 1.807) is 6.08 Å². The predicted octanol–water partition coefficient (Wildman–Crippen LogP) is 13.7. The summed E-state index contributed by atoms with van der Waals surface area (Å²) in [5, 5.41) is 54.4. The number of aliphatic hydroxyl groups excluding tert-OH is 5. The van der Waals surface area contributed by atoms with Gasteiger partial charge in [-0.05, 0) is 70.6 Å². The minimum atomic E-state index is -1.58. The summed E-state index contributed by atoms with van der Waals surface area (Å²) >= 11 is 0. The molecule has 1 rings (SSSR count). The summed E-state index contributed by atoms with van der Waals surface area (Å²) in [5.74, 6) is -0.199. The number of rotatable bonds is 48. The van der Waals surface area contributed by atoms with Crippen molar-refractivity contribution < 1.29 is 39.8 Å². The molecule has 1 saturated heterocycles. The molecule has 0 aliphatic carbocycles. The molecule has 7 unspecified atom stereocenters. The maximum absolute atomic E-state index is 13.0. The molecule has 0 aromatic heterocycles. The first-order valence-electron chi connectivity index (χ1n) is 28.4. The van der Waals surface area contributed by atoms with Gasteiger partial charge in [0.2, 0.25) is 5.91 Å². The van der Waals surface area contributed by atoms with E-state index in [0.29, 0.717) is 6.42 Å². The van der Waals surface area contributed by atoms with Crippen molar-refractivity contribution in [2.24, 2.45) is 0 Å². The van der Waals surface area contributed by atoms with Crippen LogP contribution < -0.4 is 5.32 Å². The molecule has 0 bridgehead atoms. The topological polar surface area (TPSA) is 149 Å². The molecule has 1 fully saturated rings. The Bertz CT molecular complexity index is 1190. The van der Waals surface area contributed by atoms with Crippen LogP contribution in [0.25, 0.3) is 0 Å². The van der Waals surface area contributed by atoms with Crippen LogP contribution >= 0.6 is 0 Å². The second-order valence-electron chi connectivity index (χ2n) is 19.7. The lowest BCUT2D eigenvalue weighted by Crippen LogP contribution is -2.60. The third-order valence-corrected chi connectivity index (χ3v) is 13.4. The number of hydrogen-bond donors (Lipinski definition) is 6. The molecule has 0 saturated carbocycles. The van der Waals surface area contributed by atoms with Gasteiger partial charge in [-0.15, -0.1) is 0 Å². The van der Waals surface area contributed by atoms with Gasteiger partial charge < -0.3 is 40.3 Å². The second kappa shape index (κ2) is 47.8. The van der Waals surface area contributed by atoms with Gasteiger partial charge in [-0.1, -0.05) is 229 Å². The van der Waals surface area contributed by atoms with Crippen LogP contribution in [0.2, 0.25) is 0 Å². The highest BCUT2D eigenvalue weighted by Crippen LogP contribution is 2.23. The molecule has 1 aliphatic heterocycles. The van der Waals surface area contributed by atoms with Gasteiger partial charge in [-0.25, -0.2) is 0 Å². The number of carbonyl (C=O) groups is 1. The van der Waals surface area contributed by atoms with Gasteiger partial charge in [-0.2, -0.15) is 0 Å². The summed E-state index contributed by atoms with van der Waals surface area (Å²) in [4.78, 5) is 13.0. The number of aliphatic hydroxyl groups is 5. The van der Waals surface area contributed by atoms with E-state index < -0.39 is 49.5 Å². The smallest absolute Gasteiger partial charge is 0.220 e. The van der Waals surface area contributed by atoms with Gasteiger partial charge in [0.1, 0.15) is 24.4 Å². The monoisotopic (exact) mass is 946 g/mol. The van der Waals surface area contributed by atoms with Crippen molar-refractivity contribution in [1.29, 1.82) is 0 Å². The molecule has 0 aromatic rings. The lowest BCUT2D eigenvalue weighted by Gasteiger charge is -2.40. The van der Waals surface area contributed by atoms with Crippen molar-refractivity contribution in [3.63, 3.8) is 0 Å². The minimum absolute atomic E-state index is 0.199. The molecule has 0 aromatic carbocycles.